The Morgan fingerprint density at radius 1 is 1.38 bits per heavy atom. The molecular formula is C13H18N2O. The van der Waals surface area contributed by atoms with Gasteiger partial charge in [0.1, 0.15) is 0 Å². The van der Waals surface area contributed by atoms with Gasteiger partial charge in [0.15, 0.2) is 0 Å². The van der Waals surface area contributed by atoms with Crippen LogP contribution in [0.25, 0.3) is 0 Å². The fraction of sp³-hybridized carbons (Fsp3) is 0.462. The van der Waals surface area contributed by atoms with Crippen molar-refractivity contribution in [1.82, 2.24) is 5.32 Å². The first-order chi connectivity index (χ1) is 7.77. The van der Waals surface area contributed by atoms with Crippen molar-refractivity contribution in [2.45, 2.75) is 31.2 Å². The van der Waals surface area contributed by atoms with Gasteiger partial charge in [0, 0.05) is 18.4 Å². The topological polar surface area (TPSA) is 55.1 Å². The number of hydrogen-bond acceptors (Lipinski definition) is 2. The lowest BCUT2D eigenvalue weighted by molar-refractivity contribution is -0.118. The second-order valence-corrected chi connectivity index (χ2v) is 4.38. The summed E-state index contributed by atoms with van der Waals surface area (Å²) in [7, 11) is 0. The van der Waals surface area contributed by atoms with Crippen LogP contribution >= 0.6 is 0 Å². The highest BCUT2D eigenvalue weighted by atomic mass is 16.1. The summed E-state index contributed by atoms with van der Waals surface area (Å²) in [6.07, 6.45) is 2.53. The first-order valence-electron chi connectivity index (χ1n) is 5.84. The largest absolute Gasteiger partial charge is 0.370 e. The lowest BCUT2D eigenvalue weighted by Gasteiger charge is -2.03. The highest BCUT2D eigenvalue weighted by molar-refractivity contribution is 5.73. The zero-order chi connectivity index (χ0) is 11.4. The highest BCUT2D eigenvalue weighted by Gasteiger charge is 2.37. The summed E-state index contributed by atoms with van der Waals surface area (Å²) in [6, 6.07) is 11.2. The van der Waals surface area contributed by atoms with Crippen molar-refractivity contribution in [3.05, 3.63) is 35.9 Å². The fourth-order valence-electron chi connectivity index (χ4n) is 2.04. The number of nitrogens with one attached hydrogen (secondary N) is 1. The molecule has 3 nitrogen and oxygen atoms in total. The first kappa shape index (κ1) is 11.1. The maximum absolute atomic E-state index is 10.5. The third kappa shape index (κ3) is 3.07. The van der Waals surface area contributed by atoms with E-state index in [9.17, 15) is 4.79 Å². The Labute approximate surface area is 96.0 Å². The smallest absolute Gasteiger partial charge is 0.217 e. The van der Waals surface area contributed by atoms with Crippen molar-refractivity contribution in [2.75, 3.05) is 6.54 Å². The summed E-state index contributed by atoms with van der Waals surface area (Å²) in [5.41, 5.74) is 6.49. The average Bonchev–Trinajstić information content (AvgIpc) is 3.05. The van der Waals surface area contributed by atoms with Crippen molar-refractivity contribution < 1.29 is 4.79 Å². The number of carbonyl (C=O) groups is 1. The van der Waals surface area contributed by atoms with Gasteiger partial charge in [-0.3, -0.25) is 4.79 Å². The van der Waals surface area contributed by atoms with Gasteiger partial charge in [-0.1, -0.05) is 30.3 Å². The number of carbonyl (C=O) groups excluding carboxylic acids is 1. The molecule has 86 valence electrons. The lowest BCUT2D eigenvalue weighted by Crippen LogP contribution is -2.21. The molecule has 0 heterocycles. The molecule has 2 rings (SSSR count). The number of nitrogens with two attached hydrogens (primary N) is 1. The molecule has 3 N–H and O–H groups in total. The van der Waals surface area contributed by atoms with E-state index in [0.717, 1.165) is 13.0 Å². The van der Waals surface area contributed by atoms with E-state index in [2.05, 4.69) is 29.6 Å². The number of amides is 1. The Morgan fingerprint density at radius 3 is 2.81 bits per heavy atom. The Morgan fingerprint density at radius 2 is 2.12 bits per heavy atom. The SMILES string of the molecule is NC(=O)CCCN[C@H]1CC1c1ccccc1. The molecule has 1 unspecified atom stereocenters. The van der Waals surface area contributed by atoms with E-state index in [-0.39, 0.29) is 5.91 Å². The van der Waals surface area contributed by atoms with E-state index in [1.165, 1.54) is 12.0 Å². The third-order valence-electron chi connectivity index (χ3n) is 3.02. The number of primary amides is 1. The van der Waals surface area contributed by atoms with E-state index in [4.69, 9.17) is 5.73 Å². The van der Waals surface area contributed by atoms with Gasteiger partial charge in [-0.2, -0.15) is 0 Å². The predicted octanol–water partition coefficient (Wildman–Crippen LogP) is 1.40. The molecule has 1 aromatic carbocycles. The molecular weight excluding hydrogens is 200 g/mol. The zero-order valence-corrected chi connectivity index (χ0v) is 9.36. The predicted molar refractivity (Wildman–Crippen MR) is 64.0 cm³/mol. The van der Waals surface area contributed by atoms with Crippen molar-refractivity contribution in [3.63, 3.8) is 0 Å². The minimum Gasteiger partial charge on any atom is -0.370 e. The van der Waals surface area contributed by atoms with Crippen LogP contribution in [0.1, 0.15) is 30.7 Å². The van der Waals surface area contributed by atoms with Gasteiger partial charge in [0.25, 0.3) is 0 Å². The molecule has 1 aliphatic rings. The van der Waals surface area contributed by atoms with E-state index in [1.807, 2.05) is 6.07 Å². The molecule has 1 aliphatic carbocycles. The quantitative estimate of drug-likeness (QED) is 0.709. The molecule has 0 aromatic heterocycles. The highest BCUT2D eigenvalue weighted by Crippen LogP contribution is 2.40. The van der Waals surface area contributed by atoms with Gasteiger partial charge < -0.3 is 11.1 Å². The standard InChI is InChI=1S/C13H18N2O/c14-13(16)7-4-8-15-12-9-11(12)10-5-2-1-3-6-10/h1-3,5-6,11-12,15H,4,7-9H2,(H2,14,16)/t11?,12-/m0/s1. The van der Waals surface area contributed by atoms with Crippen LogP contribution in [0.2, 0.25) is 0 Å². The van der Waals surface area contributed by atoms with Crippen molar-refractivity contribution in [3.8, 4) is 0 Å². The van der Waals surface area contributed by atoms with Gasteiger partial charge in [0.05, 0.1) is 0 Å². The molecule has 0 spiro atoms. The van der Waals surface area contributed by atoms with Crippen LogP contribution in [-0.2, 0) is 4.79 Å². The van der Waals surface area contributed by atoms with Crippen LogP contribution in [0.4, 0.5) is 0 Å². The van der Waals surface area contributed by atoms with Crippen LogP contribution in [0.15, 0.2) is 30.3 Å². The van der Waals surface area contributed by atoms with E-state index < -0.39 is 0 Å². The zero-order valence-electron chi connectivity index (χ0n) is 9.36. The summed E-state index contributed by atoms with van der Waals surface area (Å²) < 4.78 is 0. The number of benzene rings is 1. The van der Waals surface area contributed by atoms with Crippen molar-refractivity contribution in [1.29, 1.82) is 0 Å². The Kier molecular flexibility index (Phi) is 3.57. The van der Waals surface area contributed by atoms with Crippen LogP contribution in [0.5, 0.6) is 0 Å². The van der Waals surface area contributed by atoms with Crippen LogP contribution in [-0.4, -0.2) is 18.5 Å². The molecule has 0 saturated heterocycles. The number of rotatable bonds is 6. The van der Waals surface area contributed by atoms with Gasteiger partial charge in [-0.05, 0) is 24.9 Å². The monoisotopic (exact) mass is 218 g/mol. The maximum atomic E-state index is 10.5. The summed E-state index contributed by atoms with van der Waals surface area (Å²) in [5, 5.41) is 3.45. The molecule has 1 amide bonds. The Bertz CT molecular complexity index is 350. The Balaban J connectivity index is 1.66. The summed E-state index contributed by atoms with van der Waals surface area (Å²) in [6.45, 7) is 0.886. The Hall–Kier alpha value is -1.35. The lowest BCUT2D eigenvalue weighted by atomic mass is 10.1. The minimum absolute atomic E-state index is 0.211. The van der Waals surface area contributed by atoms with Crippen LogP contribution in [0, 0.1) is 0 Å². The minimum atomic E-state index is -0.211. The summed E-state index contributed by atoms with van der Waals surface area (Å²) >= 11 is 0. The molecule has 0 aliphatic heterocycles. The summed E-state index contributed by atoms with van der Waals surface area (Å²) in [4.78, 5) is 10.5. The van der Waals surface area contributed by atoms with E-state index in [1.54, 1.807) is 0 Å². The third-order valence-corrected chi connectivity index (χ3v) is 3.02. The van der Waals surface area contributed by atoms with Gasteiger partial charge in [-0.25, -0.2) is 0 Å². The van der Waals surface area contributed by atoms with Gasteiger partial charge >= 0.3 is 0 Å². The molecule has 3 heteroatoms. The van der Waals surface area contributed by atoms with Gasteiger partial charge in [0.2, 0.25) is 5.91 Å². The normalized spacial score (nSPS) is 23.0. The maximum Gasteiger partial charge on any atom is 0.217 e. The fourth-order valence-corrected chi connectivity index (χ4v) is 2.04. The molecule has 16 heavy (non-hydrogen) atoms. The van der Waals surface area contributed by atoms with E-state index >= 15 is 0 Å². The van der Waals surface area contributed by atoms with Crippen molar-refractivity contribution >= 4 is 5.91 Å². The van der Waals surface area contributed by atoms with Crippen LogP contribution < -0.4 is 11.1 Å². The van der Waals surface area contributed by atoms with Gasteiger partial charge in [-0.15, -0.1) is 0 Å². The second kappa shape index (κ2) is 5.12. The second-order valence-electron chi connectivity index (χ2n) is 4.38. The van der Waals surface area contributed by atoms with Crippen LogP contribution in [0.3, 0.4) is 0 Å². The summed E-state index contributed by atoms with van der Waals surface area (Å²) in [5.74, 6) is 0.451. The number of hydrogen-bond donors (Lipinski definition) is 2. The molecule has 1 fully saturated rings. The average molecular weight is 218 g/mol. The molecule has 1 saturated carbocycles. The first-order valence-corrected chi connectivity index (χ1v) is 5.84. The molecule has 0 bridgehead atoms. The molecule has 0 radical (unpaired) electrons. The van der Waals surface area contributed by atoms with E-state index in [0.29, 0.717) is 18.4 Å². The molecule has 2 atom stereocenters. The molecule has 1 aromatic rings. The van der Waals surface area contributed by atoms with Crippen molar-refractivity contribution in [2.24, 2.45) is 5.73 Å².